The molecule has 0 radical (unpaired) electrons. The SMILES string of the molecule is CCCC(C)(NC(=O)N(C)CC(C)O)C(=O)O. The van der Waals surface area contributed by atoms with Crippen LogP contribution >= 0.6 is 0 Å². The number of carbonyl (C=O) groups excluding carboxylic acids is 1. The number of hydrogen-bond donors (Lipinski definition) is 3. The van der Waals surface area contributed by atoms with Crippen LogP contribution in [0.1, 0.15) is 33.6 Å². The first-order chi connectivity index (χ1) is 7.73. The van der Waals surface area contributed by atoms with Crippen LogP contribution in [0.3, 0.4) is 0 Å². The van der Waals surface area contributed by atoms with Crippen LogP contribution in [0.15, 0.2) is 0 Å². The molecular formula is C11H22N2O4. The minimum absolute atomic E-state index is 0.160. The van der Waals surface area contributed by atoms with Crippen molar-refractivity contribution >= 4 is 12.0 Å². The monoisotopic (exact) mass is 246 g/mol. The molecule has 0 saturated heterocycles. The number of carbonyl (C=O) groups is 2. The van der Waals surface area contributed by atoms with Crippen molar-refractivity contribution in [2.45, 2.75) is 45.3 Å². The molecule has 0 aliphatic rings. The van der Waals surface area contributed by atoms with Gasteiger partial charge in [0, 0.05) is 13.6 Å². The fourth-order valence-corrected chi connectivity index (χ4v) is 1.53. The Bertz CT molecular complexity index is 281. The molecular weight excluding hydrogens is 224 g/mol. The number of nitrogens with zero attached hydrogens (tertiary/aromatic N) is 1. The minimum Gasteiger partial charge on any atom is -0.480 e. The number of aliphatic hydroxyl groups is 1. The third-order valence-corrected chi connectivity index (χ3v) is 2.49. The summed E-state index contributed by atoms with van der Waals surface area (Å²) in [6, 6.07) is -0.496. The molecule has 3 N–H and O–H groups in total. The standard InChI is InChI=1S/C11H22N2O4/c1-5-6-11(3,9(15)16)12-10(17)13(4)7-8(2)14/h8,14H,5-7H2,1-4H3,(H,12,17)(H,15,16). The lowest BCUT2D eigenvalue weighted by Gasteiger charge is -2.29. The van der Waals surface area contributed by atoms with Crippen LogP contribution in [-0.2, 0) is 4.79 Å². The summed E-state index contributed by atoms with van der Waals surface area (Å²) in [6.07, 6.45) is 0.368. The molecule has 0 aromatic rings. The summed E-state index contributed by atoms with van der Waals surface area (Å²) in [4.78, 5) is 24.1. The summed E-state index contributed by atoms with van der Waals surface area (Å²) in [5, 5.41) is 20.7. The van der Waals surface area contributed by atoms with Gasteiger partial charge in [-0.1, -0.05) is 13.3 Å². The number of likely N-dealkylation sites (N-methyl/N-ethyl adjacent to an activating group) is 1. The van der Waals surface area contributed by atoms with Gasteiger partial charge in [0.1, 0.15) is 5.54 Å². The molecule has 2 unspecified atom stereocenters. The number of carboxylic acids is 1. The Hall–Kier alpha value is -1.30. The predicted molar refractivity (Wildman–Crippen MR) is 63.8 cm³/mol. The van der Waals surface area contributed by atoms with Gasteiger partial charge in [0.25, 0.3) is 0 Å². The molecule has 0 bridgehead atoms. The number of aliphatic carboxylic acids is 1. The van der Waals surface area contributed by atoms with Gasteiger partial charge in [-0.2, -0.15) is 0 Å². The van der Waals surface area contributed by atoms with E-state index in [9.17, 15) is 9.59 Å². The largest absolute Gasteiger partial charge is 0.480 e. The molecule has 6 nitrogen and oxygen atoms in total. The summed E-state index contributed by atoms with van der Waals surface area (Å²) in [7, 11) is 1.51. The Labute approximate surface area is 102 Å². The first-order valence-corrected chi connectivity index (χ1v) is 5.67. The highest BCUT2D eigenvalue weighted by Gasteiger charge is 2.34. The smallest absolute Gasteiger partial charge is 0.329 e. The van der Waals surface area contributed by atoms with Crippen molar-refractivity contribution in [3.8, 4) is 0 Å². The number of nitrogens with one attached hydrogen (secondary N) is 1. The Morgan fingerprint density at radius 1 is 1.47 bits per heavy atom. The third-order valence-electron chi connectivity index (χ3n) is 2.49. The first kappa shape index (κ1) is 15.7. The van der Waals surface area contributed by atoms with Crippen LogP contribution in [0.4, 0.5) is 4.79 Å². The van der Waals surface area contributed by atoms with Crippen LogP contribution in [0.25, 0.3) is 0 Å². The molecule has 2 amide bonds. The zero-order chi connectivity index (χ0) is 13.6. The lowest BCUT2D eigenvalue weighted by molar-refractivity contribution is -0.144. The highest BCUT2D eigenvalue weighted by molar-refractivity contribution is 5.85. The lowest BCUT2D eigenvalue weighted by atomic mass is 9.96. The normalized spacial score (nSPS) is 15.8. The topological polar surface area (TPSA) is 89.9 Å². The van der Waals surface area contributed by atoms with Gasteiger partial charge in [-0.3, -0.25) is 0 Å². The van der Waals surface area contributed by atoms with Crippen molar-refractivity contribution in [1.29, 1.82) is 0 Å². The van der Waals surface area contributed by atoms with Crippen molar-refractivity contribution < 1.29 is 19.8 Å². The molecule has 0 aromatic heterocycles. The Morgan fingerprint density at radius 2 is 2.00 bits per heavy atom. The zero-order valence-electron chi connectivity index (χ0n) is 10.9. The molecule has 0 fully saturated rings. The predicted octanol–water partition coefficient (Wildman–Crippen LogP) is 0.652. The van der Waals surface area contributed by atoms with Gasteiger partial charge >= 0.3 is 12.0 Å². The number of aliphatic hydroxyl groups excluding tert-OH is 1. The Morgan fingerprint density at radius 3 is 2.35 bits per heavy atom. The minimum atomic E-state index is -1.27. The fourth-order valence-electron chi connectivity index (χ4n) is 1.53. The van der Waals surface area contributed by atoms with Crippen LogP contribution in [0.2, 0.25) is 0 Å². The van der Waals surface area contributed by atoms with Crippen LogP contribution in [-0.4, -0.2) is 52.3 Å². The molecule has 0 heterocycles. The van der Waals surface area contributed by atoms with Gasteiger partial charge in [-0.25, -0.2) is 9.59 Å². The molecule has 0 aliphatic carbocycles. The van der Waals surface area contributed by atoms with Crippen molar-refractivity contribution in [3.63, 3.8) is 0 Å². The highest BCUT2D eigenvalue weighted by atomic mass is 16.4. The van der Waals surface area contributed by atoms with E-state index < -0.39 is 23.6 Å². The van der Waals surface area contributed by atoms with Gasteiger partial charge in [0.05, 0.1) is 6.10 Å². The summed E-state index contributed by atoms with van der Waals surface area (Å²) in [5.74, 6) is -1.06. The van der Waals surface area contributed by atoms with E-state index in [0.717, 1.165) is 0 Å². The zero-order valence-corrected chi connectivity index (χ0v) is 10.9. The number of hydrogen-bond acceptors (Lipinski definition) is 3. The van der Waals surface area contributed by atoms with E-state index in [1.54, 1.807) is 6.92 Å². The van der Waals surface area contributed by atoms with E-state index in [4.69, 9.17) is 10.2 Å². The van der Waals surface area contributed by atoms with Crippen LogP contribution in [0, 0.1) is 0 Å². The van der Waals surface area contributed by atoms with Gasteiger partial charge in [-0.15, -0.1) is 0 Å². The first-order valence-electron chi connectivity index (χ1n) is 5.67. The van der Waals surface area contributed by atoms with Gasteiger partial charge in [0.2, 0.25) is 0 Å². The maximum absolute atomic E-state index is 11.7. The van der Waals surface area contributed by atoms with Crippen molar-refractivity contribution in [2.24, 2.45) is 0 Å². The maximum atomic E-state index is 11.7. The molecule has 0 rings (SSSR count). The second kappa shape index (κ2) is 6.44. The van der Waals surface area contributed by atoms with E-state index in [1.165, 1.54) is 18.9 Å². The van der Waals surface area contributed by atoms with Gasteiger partial charge in [0.15, 0.2) is 0 Å². The van der Waals surface area contributed by atoms with Crippen molar-refractivity contribution in [3.05, 3.63) is 0 Å². The van der Waals surface area contributed by atoms with E-state index in [2.05, 4.69) is 5.32 Å². The quantitative estimate of drug-likeness (QED) is 0.642. The van der Waals surface area contributed by atoms with Crippen molar-refractivity contribution in [2.75, 3.05) is 13.6 Å². The van der Waals surface area contributed by atoms with Crippen LogP contribution < -0.4 is 5.32 Å². The van der Waals surface area contributed by atoms with E-state index >= 15 is 0 Å². The maximum Gasteiger partial charge on any atom is 0.329 e. The molecule has 2 atom stereocenters. The number of amides is 2. The van der Waals surface area contributed by atoms with E-state index in [0.29, 0.717) is 12.8 Å². The van der Waals surface area contributed by atoms with Gasteiger partial charge < -0.3 is 20.4 Å². The average molecular weight is 246 g/mol. The highest BCUT2D eigenvalue weighted by Crippen LogP contribution is 2.13. The second-order valence-electron chi connectivity index (χ2n) is 4.55. The Kier molecular flexibility index (Phi) is 5.95. The number of rotatable bonds is 6. The molecule has 0 aliphatic heterocycles. The fraction of sp³-hybridized carbons (Fsp3) is 0.818. The molecule has 0 aromatic carbocycles. The third kappa shape index (κ3) is 5.04. The average Bonchev–Trinajstić information content (AvgIpc) is 2.16. The lowest BCUT2D eigenvalue weighted by Crippen LogP contribution is -2.56. The van der Waals surface area contributed by atoms with Gasteiger partial charge in [-0.05, 0) is 20.3 Å². The summed E-state index contributed by atoms with van der Waals surface area (Å²) in [5.41, 5.74) is -1.27. The Balaban J connectivity index is 4.56. The van der Waals surface area contributed by atoms with Crippen LogP contribution in [0.5, 0.6) is 0 Å². The molecule has 6 heteroatoms. The molecule has 0 spiro atoms. The summed E-state index contributed by atoms with van der Waals surface area (Å²) in [6.45, 7) is 5.06. The van der Waals surface area contributed by atoms with E-state index in [1.807, 2.05) is 6.92 Å². The summed E-state index contributed by atoms with van der Waals surface area (Å²) < 4.78 is 0. The molecule has 100 valence electrons. The number of urea groups is 1. The van der Waals surface area contributed by atoms with E-state index in [-0.39, 0.29) is 6.54 Å². The summed E-state index contributed by atoms with van der Waals surface area (Å²) >= 11 is 0. The molecule has 17 heavy (non-hydrogen) atoms. The second-order valence-corrected chi connectivity index (χ2v) is 4.55. The van der Waals surface area contributed by atoms with Crippen molar-refractivity contribution in [1.82, 2.24) is 10.2 Å². The number of carboxylic acid groups (broad SMARTS) is 1. The molecule has 0 saturated carbocycles.